The molecule has 5 nitrogen and oxygen atoms in total. The zero-order valence-electron chi connectivity index (χ0n) is 12.5. The van der Waals surface area contributed by atoms with Gasteiger partial charge < -0.3 is 15.3 Å². The SMILES string of the molecule is CC(C)C1CCN(C(=O)N[C@@H](C(=O)O)c2ccccc2)C1. The van der Waals surface area contributed by atoms with Crippen LogP contribution in [0, 0.1) is 11.8 Å². The number of nitrogens with zero attached hydrogens (tertiary/aromatic N) is 1. The number of nitrogens with one attached hydrogen (secondary N) is 1. The minimum absolute atomic E-state index is 0.297. The monoisotopic (exact) mass is 290 g/mol. The van der Waals surface area contributed by atoms with E-state index in [1.54, 1.807) is 29.2 Å². The highest BCUT2D eigenvalue weighted by atomic mass is 16.4. The van der Waals surface area contributed by atoms with Gasteiger partial charge in [-0.25, -0.2) is 9.59 Å². The van der Waals surface area contributed by atoms with E-state index in [0.717, 1.165) is 6.42 Å². The van der Waals surface area contributed by atoms with Crippen LogP contribution in [0.25, 0.3) is 0 Å². The fourth-order valence-corrected chi connectivity index (χ4v) is 2.66. The van der Waals surface area contributed by atoms with E-state index in [4.69, 9.17) is 0 Å². The molecule has 1 saturated heterocycles. The third kappa shape index (κ3) is 3.74. The quantitative estimate of drug-likeness (QED) is 0.895. The first kappa shape index (κ1) is 15.4. The van der Waals surface area contributed by atoms with Crippen molar-refractivity contribution in [2.24, 2.45) is 11.8 Å². The predicted octanol–water partition coefficient (Wildman–Crippen LogP) is 2.50. The molecule has 2 amide bonds. The van der Waals surface area contributed by atoms with Gasteiger partial charge in [0.15, 0.2) is 6.04 Å². The number of carboxylic acid groups (broad SMARTS) is 1. The van der Waals surface area contributed by atoms with Gasteiger partial charge in [-0.1, -0.05) is 44.2 Å². The van der Waals surface area contributed by atoms with Crippen molar-refractivity contribution in [2.75, 3.05) is 13.1 Å². The van der Waals surface area contributed by atoms with Gasteiger partial charge in [-0.05, 0) is 23.8 Å². The molecule has 1 heterocycles. The smallest absolute Gasteiger partial charge is 0.330 e. The van der Waals surface area contributed by atoms with E-state index in [-0.39, 0.29) is 6.03 Å². The zero-order chi connectivity index (χ0) is 15.4. The molecule has 1 fully saturated rings. The van der Waals surface area contributed by atoms with Crippen LogP contribution in [-0.2, 0) is 4.79 Å². The van der Waals surface area contributed by atoms with Gasteiger partial charge in [0, 0.05) is 13.1 Å². The molecule has 1 aromatic rings. The van der Waals surface area contributed by atoms with E-state index in [1.165, 1.54) is 0 Å². The lowest BCUT2D eigenvalue weighted by molar-refractivity contribution is -0.139. The Morgan fingerprint density at radius 2 is 1.95 bits per heavy atom. The van der Waals surface area contributed by atoms with Crippen molar-refractivity contribution in [3.05, 3.63) is 35.9 Å². The zero-order valence-corrected chi connectivity index (χ0v) is 12.5. The maximum absolute atomic E-state index is 12.3. The fourth-order valence-electron chi connectivity index (χ4n) is 2.66. The Morgan fingerprint density at radius 3 is 2.48 bits per heavy atom. The van der Waals surface area contributed by atoms with Crippen LogP contribution in [0.15, 0.2) is 30.3 Å². The van der Waals surface area contributed by atoms with Gasteiger partial charge in [0.05, 0.1) is 0 Å². The number of carbonyl (C=O) groups is 2. The summed E-state index contributed by atoms with van der Waals surface area (Å²) in [6, 6.07) is 7.47. The molecule has 21 heavy (non-hydrogen) atoms. The highest BCUT2D eigenvalue weighted by molar-refractivity contribution is 5.83. The molecular formula is C16H22N2O3. The van der Waals surface area contributed by atoms with Crippen LogP contribution in [0.4, 0.5) is 4.79 Å². The lowest BCUT2D eigenvalue weighted by Gasteiger charge is -2.22. The highest BCUT2D eigenvalue weighted by Gasteiger charge is 2.30. The molecule has 5 heteroatoms. The van der Waals surface area contributed by atoms with Crippen molar-refractivity contribution in [1.29, 1.82) is 0 Å². The average molecular weight is 290 g/mol. The van der Waals surface area contributed by atoms with E-state index in [1.807, 2.05) is 6.07 Å². The number of urea groups is 1. The summed E-state index contributed by atoms with van der Waals surface area (Å²) in [5, 5.41) is 11.9. The summed E-state index contributed by atoms with van der Waals surface area (Å²) < 4.78 is 0. The summed E-state index contributed by atoms with van der Waals surface area (Å²) in [4.78, 5) is 25.4. The van der Waals surface area contributed by atoms with Crippen molar-refractivity contribution in [2.45, 2.75) is 26.3 Å². The fraction of sp³-hybridized carbons (Fsp3) is 0.500. The normalized spacial score (nSPS) is 19.6. The molecule has 0 aromatic heterocycles. The van der Waals surface area contributed by atoms with Gasteiger partial charge in [-0.15, -0.1) is 0 Å². The first-order valence-corrected chi connectivity index (χ1v) is 7.32. The Morgan fingerprint density at radius 1 is 1.29 bits per heavy atom. The van der Waals surface area contributed by atoms with Gasteiger partial charge in [-0.3, -0.25) is 0 Å². The molecule has 0 spiro atoms. The second kappa shape index (κ2) is 6.61. The average Bonchev–Trinajstić information content (AvgIpc) is 2.95. The van der Waals surface area contributed by atoms with Crippen molar-refractivity contribution in [3.8, 4) is 0 Å². The number of likely N-dealkylation sites (tertiary alicyclic amines) is 1. The van der Waals surface area contributed by atoms with Gasteiger partial charge in [-0.2, -0.15) is 0 Å². The second-order valence-corrected chi connectivity index (χ2v) is 5.87. The Balaban J connectivity index is 2.02. The van der Waals surface area contributed by atoms with Crippen molar-refractivity contribution in [3.63, 3.8) is 0 Å². The number of aliphatic carboxylic acids is 1. The Kier molecular flexibility index (Phi) is 4.83. The Hall–Kier alpha value is -2.04. The lowest BCUT2D eigenvalue weighted by atomic mass is 9.95. The molecule has 2 N–H and O–H groups in total. The van der Waals surface area contributed by atoms with Crippen LogP contribution in [0.5, 0.6) is 0 Å². The molecule has 114 valence electrons. The number of hydrogen-bond donors (Lipinski definition) is 2. The number of carboxylic acids is 1. The molecule has 2 rings (SSSR count). The van der Waals surface area contributed by atoms with E-state index in [0.29, 0.717) is 30.5 Å². The molecule has 2 atom stereocenters. The number of carbonyl (C=O) groups excluding carboxylic acids is 1. The topological polar surface area (TPSA) is 69.6 Å². The Bertz CT molecular complexity index is 502. The molecule has 1 unspecified atom stereocenters. The van der Waals surface area contributed by atoms with Crippen LogP contribution in [0.1, 0.15) is 31.9 Å². The van der Waals surface area contributed by atoms with Gasteiger partial charge in [0.1, 0.15) is 0 Å². The first-order chi connectivity index (χ1) is 9.99. The van der Waals surface area contributed by atoms with E-state index >= 15 is 0 Å². The predicted molar refractivity (Wildman–Crippen MR) is 79.9 cm³/mol. The van der Waals surface area contributed by atoms with E-state index < -0.39 is 12.0 Å². The van der Waals surface area contributed by atoms with E-state index in [9.17, 15) is 14.7 Å². The van der Waals surface area contributed by atoms with Crippen LogP contribution in [0.2, 0.25) is 0 Å². The molecule has 1 aliphatic rings. The van der Waals surface area contributed by atoms with Crippen LogP contribution in [0.3, 0.4) is 0 Å². The Labute approximate surface area is 125 Å². The van der Waals surface area contributed by atoms with Crippen molar-refractivity contribution in [1.82, 2.24) is 10.2 Å². The van der Waals surface area contributed by atoms with Crippen molar-refractivity contribution < 1.29 is 14.7 Å². The van der Waals surface area contributed by atoms with Crippen molar-refractivity contribution >= 4 is 12.0 Å². The first-order valence-electron chi connectivity index (χ1n) is 7.32. The molecule has 0 bridgehead atoms. The molecule has 0 radical (unpaired) electrons. The van der Waals surface area contributed by atoms with Crippen LogP contribution >= 0.6 is 0 Å². The summed E-state index contributed by atoms with van der Waals surface area (Å²) in [7, 11) is 0. The van der Waals surface area contributed by atoms with Gasteiger partial charge in [0.25, 0.3) is 0 Å². The minimum atomic E-state index is -1.05. The maximum Gasteiger partial charge on any atom is 0.330 e. The maximum atomic E-state index is 12.3. The second-order valence-electron chi connectivity index (χ2n) is 5.87. The van der Waals surface area contributed by atoms with Crippen LogP contribution in [-0.4, -0.2) is 35.1 Å². The summed E-state index contributed by atoms with van der Waals surface area (Å²) in [6.07, 6.45) is 0.980. The number of amides is 2. The van der Waals surface area contributed by atoms with E-state index in [2.05, 4.69) is 19.2 Å². The largest absolute Gasteiger partial charge is 0.479 e. The minimum Gasteiger partial charge on any atom is -0.479 e. The summed E-state index contributed by atoms with van der Waals surface area (Å²) in [5.74, 6) is -0.0166. The number of hydrogen-bond acceptors (Lipinski definition) is 2. The molecule has 1 aromatic carbocycles. The molecular weight excluding hydrogens is 268 g/mol. The number of rotatable bonds is 4. The molecule has 0 aliphatic carbocycles. The highest BCUT2D eigenvalue weighted by Crippen LogP contribution is 2.24. The number of benzene rings is 1. The summed E-state index contributed by atoms with van der Waals surface area (Å²) >= 11 is 0. The molecule has 1 aliphatic heterocycles. The third-order valence-corrected chi connectivity index (χ3v) is 4.10. The standard InChI is InChI=1S/C16H22N2O3/c1-11(2)13-8-9-18(10-13)16(21)17-14(15(19)20)12-6-4-3-5-7-12/h3-7,11,13-14H,8-10H2,1-2H3,(H,17,21)(H,19,20)/t13?,14-/m1/s1. The van der Waals surface area contributed by atoms with Crippen LogP contribution < -0.4 is 5.32 Å². The summed E-state index contributed by atoms with van der Waals surface area (Å²) in [6.45, 7) is 5.69. The molecule has 0 saturated carbocycles. The third-order valence-electron chi connectivity index (χ3n) is 4.10. The van der Waals surface area contributed by atoms with Gasteiger partial charge >= 0.3 is 12.0 Å². The van der Waals surface area contributed by atoms with Gasteiger partial charge in [0.2, 0.25) is 0 Å². The lowest BCUT2D eigenvalue weighted by Crippen LogP contribution is -2.42. The summed E-state index contributed by atoms with van der Waals surface area (Å²) in [5.41, 5.74) is 0.581.